The molecule has 0 saturated carbocycles. The van der Waals surface area contributed by atoms with Crippen molar-refractivity contribution in [3.05, 3.63) is 59.9 Å². The van der Waals surface area contributed by atoms with Gasteiger partial charge in [-0.2, -0.15) is 4.31 Å². The van der Waals surface area contributed by atoms with Gasteiger partial charge in [0, 0.05) is 37.9 Å². The van der Waals surface area contributed by atoms with Gasteiger partial charge in [-0.15, -0.1) is 0 Å². The van der Waals surface area contributed by atoms with Gasteiger partial charge in [0.15, 0.2) is 0 Å². The van der Waals surface area contributed by atoms with Crippen molar-refractivity contribution in [3.63, 3.8) is 0 Å². The molecule has 162 valence electrons. The fourth-order valence-electron chi connectivity index (χ4n) is 3.33. The lowest BCUT2D eigenvalue weighted by molar-refractivity contribution is -0.126. The van der Waals surface area contributed by atoms with Crippen LogP contribution in [0.3, 0.4) is 0 Å². The zero-order valence-electron chi connectivity index (χ0n) is 16.3. The smallest absolute Gasteiger partial charge is 0.244 e. The lowest BCUT2D eigenvalue weighted by atomic mass is 9.97. The first-order chi connectivity index (χ1) is 14.1. The van der Waals surface area contributed by atoms with E-state index in [0.29, 0.717) is 24.9 Å². The number of piperidine rings is 1. The summed E-state index contributed by atoms with van der Waals surface area (Å²) in [4.78, 5) is 16.5. The molecule has 30 heavy (non-hydrogen) atoms. The van der Waals surface area contributed by atoms with Crippen LogP contribution in [0, 0.1) is 5.92 Å². The molecule has 1 aromatic heterocycles. The first kappa shape index (κ1) is 22.3. The van der Waals surface area contributed by atoms with Gasteiger partial charge in [-0.1, -0.05) is 24.3 Å². The maximum absolute atomic E-state index is 12.6. The molecule has 2 aromatic rings. The molecule has 0 bridgehead atoms. The molecule has 3 N–H and O–H groups in total. The van der Waals surface area contributed by atoms with Gasteiger partial charge in [-0.25, -0.2) is 22.0 Å². The molecular weight excluding hydrogens is 428 g/mol. The maximum atomic E-state index is 12.6. The molecule has 9 nitrogen and oxygen atoms in total. The average molecular weight is 453 g/mol. The zero-order valence-corrected chi connectivity index (χ0v) is 17.9. The highest BCUT2D eigenvalue weighted by atomic mass is 32.2. The maximum Gasteiger partial charge on any atom is 0.244 e. The van der Waals surface area contributed by atoms with Crippen molar-refractivity contribution >= 4 is 26.0 Å². The molecule has 1 fully saturated rings. The minimum Gasteiger partial charge on any atom is -0.352 e. The third kappa shape index (κ3) is 5.85. The lowest BCUT2D eigenvalue weighted by Gasteiger charge is -2.30. The van der Waals surface area contributed by atoms with Gasteiger partial charge in [-0.05, 0) is 36.1 Å². The summed E-state index contributed by atoms with van der Waals surface area (Å²) in [7, 11) is -7.18. The van der Waals surface area contributed by atoms with Gasteiger partial charge in [0.25, 0.3) is 0 Å². The third-order valence-electron chi connectivity index (χ3n) is 4.95. The van der Waals surface area contributed by atoms with E-state index >= 15 is 0 Å². The van der Waals surface area contributed by atoms with Gasteiger partial charge in [-0.3, -0.25) is 9.78 Å². The second kappa shape index (κ2) is 9.21. The Kier molecular flexibility index (Phi) is 6.86. The average Bonchev–Trinajstić information content (AvgIpc) is 2.72. The van der Waals surface area contributed by atoms with E-state index in [9.17, 15) is 21.6 Å². The third-order valence-corrected chi connectivity index (χ3v) is 7.57. The number of hydrogen-bond donors (Lipinski definition) is 2. The number of rotatable bonds is 7. The normalized spacial score (nSPS) is 16.3. The number of aromatic nitrogens is 1. The number of benzene rings is 1. The van der Waals surface area contributed by atoms with E-state index < -0.39 is 20.0 Å². The number of sulfonamides is 2. The number of carbonyl (C=O) groups is 1. The van der Waals surface area contributed by atoms with Crippen molar-refractivity contribution in [3.8, 4) is 0 Å². The summed E-state index contributed by atoms with van der Waals surface area (Å²) in [6.45, 7) is 0.859. The molecule has 1 aliphatic heterocycles. The summed E-state index contributed by atoms with van der Waals surface area (Å²) in [5, 5.41) is 7.89. The van der Waals surface area contributed by atoms with Crippen molar-refractivity contribution in [2.45, 2.75) is 30.0 Å². The quantitative estimate of drug-likeness (QED) is 0.630. The first-order valence-corrected chi connectivity index (χ1v) is 12.6. The minimum atomic E-state index is -3.60. The highest BCUT2D eigenvalue weighted by Crippen LogP contribution is 2.23. The van der Waals surface area contributed by atoms with E-state index in [1.165, 1.54) is 22.8 Å². The fourth-order valence-corrected chi connectivity index (χ4v) is 5.42. The Hall–Kier alpha value is -2.34. The molecule has 0 spiro atoms. The number of hydrogen-bond acceptors (Lipinski definition) is 6. The molecule has 0 aliphatic carbocycles. The topological polar surface area (TPSA) is 140 Å². The zero-order chi connectivity index (χ0) is 21.8. The Morgan fingerprint density at radius 3 is 2.27 bits per heavy atom. The van der Waals surface area contributed by atoms with E-state index in [4.69, 9.17) is 5.14 Å². The van der Waals surface area contributed by atoms with Crippen molar-refractivity contribution in [2.75, 3.05) is 13.1 Å². The Bertz CT molecular complexity index is 1080. The Labute approximate surface area is 176 Å². The number of nitrogens with two attached hydrogens (primary N) is 1. The van der Waals surface area contributed by atoms with Gasteiger partial charge in [0.2, 0.25) is 26.0 Å². The predicted octanol–water partition coefficient (Wildman–Crippen LogP) is 0.587. The molecule has 11 heteroatoms. The summed E-state index contributed by atoms with van der Waals surface area (Å²) in [6, 6.07) is 9.89. The summed E-state index contributed by atoms with van der Waals surface area (Å²) >= 11 is 0. The molecule has 1 aromatic carbocycles. The molecule has 0 atom stereocenters. The van der Waals surface area contributed by atoms with E-state index in [-0.39, 0.29) is 35.6 Å². The Balaban J connectivity index is 1.50. The van der Waals surface area contributed by atoms with Crippen LogP contribution in [0.1, 0.15) is 24.0 Å². The lowest BCUT2D eigenvalue weighted by Crippen LogP contribution is -2.42. The number of amides is 1. The summed E-state index contributed by atoms with van der Waals surface area (Å²) < 4.78 is 48.9. The van der Waals surface area contributed by atoms with E-state index in [1.807, 2.05) is 0 Å². The van der Waals surface area contributed by atoms with Crippen LogP contribution in [0.4, 0.5) is 0 Å². The minimum absolute atomic E-state index is 0.123. The molecule has 3 rings (SSSR count). The molecule has 0 unspecified atom stereocenters. The van der Waals surface area contributed by atoms with Gasteiger partial charge < -0.3 is 5.32 Å². The predicted molar refractivity (Wildman–Crippen MR) is 111 cm³/mol. The van der Waals surface area contributed by atoms with Crippen molar-refractivity contribution in [1.29, 1.82) is 0 Å². The molecular formula is C19H24N4O5S2. The largest absolute Gasteiger partial charge is 0.352 e. The van der Waals surface area contributed by atoms with Crippen molar-refractivity contribution < 1.29 is 21.6 Å². The van der Waals surface area contributed by atoms with Gasteiger partial charge in [0.1, 0.15) is 4.90 Å². The number of pyridine rings is 1. The second-order valence-electron chi connectivity index (χ2n) is 7.21. The van der Waals surface area contributed by atoms with E-state index in [1.54, 1.807) is 30.3 Å². The van der Waals surface area contributed by atoms with Crippen LogP contribution < -0.4 is 10.5 Å². The van der Waals surface area contributed by atoms with Gasteiger partial charge in [0.05, 0.1) is 5.75 Å². The molecule has 1 amide bonds. The summed E-state index contributed by atoms with van der Waals surface area (Å²) in [5.74, 6) is -0.616. The molecule has 2 heterocycles. The second-order valence-corrected chi connectivity index (χ2v) is 10.8. The van der Waals surface area contributed by atoms with Crippen molar-refractivity contribution in [2.24, 2.45) is 11.1 Å². The monoisotopic (exact) mass is 452 g/mol. The van der Waals surface area contributed by atoms with Crippen LogP contribution in [0.5, 0.6) is 0 Å². The Morgan fingerprint density at radius 2 is 1.70 bits per heavy atom. The molecule has 1 saturated heterocycles. The number of nitrogens with zero attached hydrogens (tertiary/aromatic N) is 2. The van der Waals surface area contributed by atoms with Crippen LogP contribution in [-0.2, 0) is 37.1 Å². The summed E-state index contributed by atoms with van der Waals surface area (Å²) in [5.41, 5.74) is 1.41. The van der Waals surface area contributed by atoms with E-state index in [2.05, 4.69) is 10.3 Å². The van der Waals surface area contributed by atoms with Crippen LogP contribution in [0.2, 0.25) is 0 Å². The summed E-state index contributed by atoms with van der Waals surface area (Å²) in [6.07, 6.45) is 3.73. The van der Waals surface area contributed by atoms with Crippen molar-refractivity contribution in [1.82, 2.24) is 14.6 Å². The molecule has 0 radical (unpaired) electrons. The molecule has 1 aliphatic rings. The number of carbonyl (C=O) groups excluding carboxylic acids is 1. The van der Waals surface area contributed by atoms with Crippen LogP contribution in [-0.4, -0.2) is 45.1 Å². The van der Waals surface area contributed by atoms with Crippen LogP contribution >= 0.6 is 0 Å². The highest BCUT2D eigenvalue weighted by molar-refractivity contribution is 7.89. The van der Waals surface area contributed by atoms with Gasteiger partial charge >= 0.3 is 0 Å². The Morgan fingerprint density at radius 1 is 1.07 bits per heavy atom. The fraction of sp³-hybridized carbons (Fsp3) is 0.368. The number of primary sulfonamides is 1. The van der Waals surface area contributed by atoms with E-state index in [0.717, 1.165) is 5.56 Å². The van der Waals surface area contributed by atoms with Crippen LogP contribution in [0.25, 0.3) is 0 Å². The first-order valence-electron chi connectivity index (χ1n) is 9.41. The number of nitrogens with one attached hydrogen (secondary N) is 1. The standard InChI is InChI=1S/C19H24N4O5S2/c20-29(25,26)14-16-5-3-15(4-6-16)12-22-19(24)17-7-10-23(11-8-17)30(27,28)18-2-1-9-21-13-18/h1-6,9,13,17H,7-8,10-12,14H2,(H,22,24)(H2,20,25,26). The SMILES string of the molecule is NS(=O)(=O)Cc1ccc(CNC(=O)C2CCN(S(=O)(=O)c3cccnc3)CC2)cc1. The highest BCUT2D eigenvalue weighted by Gasteiger charge is 2.32. The van der Waals surface area contributed by atoms with Crippen LogP contribution in [0.15, 0.2) is 53.7 Å².